The van der Waals surface area contributed by atoms with Gasteiger partial charge in [-0.05, 0) is 46.1 Å². The second-order valence-corrected chi connectivity index (χ2v) is 7.38. The van der Waals surface area contributed by atoms with Crippen LogP contribution in [0.4, 0.5) is 0 Å². The van der Waals surface area contributed by atoms with Crippen LogP contribution in [0.5, 0.6) is 0 Å². The number of hydrazine groups is 1. The Morgan fingerprint density at radius 1 is 1.04 bits per heavy atom. The molecule has 1 aliphatic carbocycles. The molecule has 2 amide bonds. The van der Waals surface area contributed by atoms with Crippen molar-refractivity contribution in [1.29, 1.82) is 0 Å². The van der Waals surface area contributed by atoms with Gasteiger partial charge in [0.25, 0.3) is 5.91 Å². The van der Waals surface area contributed by atoms with Crippen molar-refractivity contribution in [3.8, 4) is 0 Å². The fourth-order valence-corrected chi connectivity index (χ4v) is 3.71. The normalized spacial score (nSPS) is 20.7. The van der Waals surface area contributed by atoms with Crippen molar-refractivity contribution in [1.82, 2.24) is 10.9 Å². The highest BCUT2D eigenvalue weighted by atomic mass is 32.1. The zero-order valence-electron chi connectivity index (χ0n) is 14.2. The van der Waals surface area contributed by atoms with Gasteiger partial charge in [0, 0.05) is 10.3 Å². The third-order valence-electron chi connectivity index (χ3n) is 4.75. The monoisotopic (exact) mass is 350 g/mol. The molecule has 1 aliphatic rings. The van der Waals surface area contributed by atoms with Gasteiger partial charge >= 0.3 is 5.97 Å². The highest BCUT2D eigenvalue weighted by Gasteiger charge is 2.37. The first kappa shape index (κ1) is 18.2. The molecule has 0 saturated carbocycles. The molecule has 0 saturated heterocycles. The molecule has 24 heavy (non-hydrogen) atoms. The van der Waals surface area contributed by atoms with E-state index in [1.807, 2.05) is 27.7 Å². The van der Waals surface area contributed by atoms with Gasteiger partial charge in [-0.2, -0.15) is 0 Å². The number of allylic oxidation sites excluding steroid dienone is 2. The summed E-state index contributed by atoms with van der Waals surface area (Å²) in [6.07, 6.45) is 0.747. The lowest BCUT2D eigenvalue weighted by Crippen LogP contribution is -2.48. The first-order valence-electron chi connectivity index (χ1n) is 7.75. The van der Waals surface area contributed by atoms with E-state index in [9.17, 15) is 19.5 Å². The second kappa shape index (κ2) is 7.17. The Kier molecular flexibility index (Phi) is 5.43. The average Bonchev–Trinajstić information content (AvgIpc) is 2.86. The molecule has 3 N–H and O–H groups in total. The SMILES string of the molecule is CC1=C(C)C[C@@H](C(=O)O)[C@@H](C(=O)NNC(=O)c2csc(C)c2C)C1. The van der Waals surface area contributed by atoms with E-state index in [0.29, 0.717) is 18.4 Å². The van der Waals surface area contributed by atoms with Crippen LogP contribution in [0.2, 0.25) is 0 Å². The van der Waals surface area contributed by atoms with Crippen LogP contribution in [0, 0.1) is 25.7 Å². The van der Waals surface area contributed by atoms with Crippen molar-refractivity contribution in [3.05, 3.63) is 32.5 Å². The van der Waals surface area contributed by atoms with E-state index in [1.54, 1.807) is 5.38 Å². The fourth-order valence-electron chi connectivity index (χ4n) is 2.84. The molecule has 1 aromatic rings. The minimum atomic E-state index is -0.988. The molecule has 0 bridgehead atoms. The van der Waals surface area contributed by atoms with E-state index < -0.39 is 29.6 Å². The van der Waals surface area contributed by atoms with Gasteiger partial charge in [-0.1, -0.05) is 11.1 Å². The van der Waals surface area contributed by atoms with Crippen molar-refractivity contribution in [2.24, 2.45) is 11.8 Å². The molecule has 0 unspecified atom stereocenters. The Morgan fingerprint density at radius 2 is 1.62 bits per heavy atom. The lowest BCUT2D eigenvalue weighted by atomic mass is 9.76. The van der Waals surface area contributed by atoms with Crippen molar-refractivity contribution in [3.63, 3.8) is 0 Å². The van der Waals surface area contributed by atoms with Crippen LogP contribution < -0.4 is 10.9 Å². The first-order valence-corrected chi connectivity index (χ1v) is 8.63. The van der Waals surface area contributed by atoms with Crippen molar-refractivity contribution in [2.45, 2.75) is 40.5 Å². The number of aryl methyl sites for hydroxylation is 1. The van der Waals surface area contributed by atoms with Crippen LogP contribution in [0.1, 0.15) is 47.5 Å². The standard InChI is InChI=1S/C17H22N2O4S/c1-8-5-12(13(17(22)23)6-9(8)2)15(20)18-19-16(21)14-7-24-11(4)10(14)3/h7,12-13H,5-6H2,1-4H3,(H,18,20)(H,19,21)(H,22,23)/t12-,13+/m0/s1. The number of hydrogen-bond donors (Lipinski definition) is 3. The Labute approximate surface area is 144 Å². The van der Waals surface area contributed by atoms with Gasteiger partial charge < -0.3 is 5.11 Å². The Bertz CT molecular complexity index is 720. The predicted molar refractivity (Wildman–Crippen MR) is 91.6 cm³/mol. The number of hydrogen-bond acceptors (Lipinski definition) is 4. The van der Waals surface area contributed by atoms with Gasteiger partial charge in [0.05, 0.1) is 17.4 Å². The van der Waals surface area contributed by atoms with Gasteiger partial charge in [-0.3, -0.25) is 25.2 Å². The van der Waals surface area contributed by atoms with E-state index in [4.69, 9.17) is 0 Å². The van der Waals surface area contributed by atoms with Crippen molar-refractivity contribution in [2.75, 3.05) is 0 Å². The summed E-state index contributed by atoms with van der Waals surface area (Å²) >= 11 is 1.47. The maximum Gasteiger partial charge on any atom is 0.307 e. The minimum absolute atomic E-state index is 0.357. The van der Waals surface area contributed by atoms with E-state index in [-0.39, 0.29) is 0 Å². The summed E-state index contributed by atoms with van der Waals surface area (Å²) in [6, 6.07) is 0. The number of nitrogens with one attached hydrogen (secondary N) is 2. The molecule has 0 radical (unpaired) electrons. The Hall–Kier alpha value is -2.15. The van der Waals surface area contributed by atoms with E-state index >= 15 is 0 Å². The van der Waals surface area contributed by atoms with Crippen molar-refractivity contribution >= 4 is 29.1 Å². The third kappa shape index (κ3) is 3.67. The van der Waals surface area contributed by atoms with Gasteiger partial charge in [0.2, 0.25) is 5.91 Å². The summed E-state index contributed by atoms with van der Waals surface area (Å²) in [6.45, 7) is 7.57. The third-order valence-corrected chi connectivity index (χ3v) is 5.76. The molecule has 0 fully saturated rings. The molecule has 2 atom stereocenters. The van der Waals surface area contributed by atoms with Crippen LogP contribution in [-0.4, -0.2) is 22.9 Å². The lowest BCUT2D eigenvalue weighted by molar-refractivity contribution is -0.147. The summed E-state index contributed by atoms with van der Waals surface area (Å²) in [5, 5.41) is 11.1. The van der Waals surface area contributed by atoms with Gasteiger partial charge in [-0.15, -0.1) is 11.3 Å². The van der Waals surface area contributed by atoms with Gasteiger partial charge in [0.15, 0.2) is 0 Å². The molecule has 6 nitrogen and oxygen atoms in total. The Morgan fingerprint density at radius 3 is 2.12 bits per heavy atom. The smallest absolute Gasteiger partial charge is 0.307 e. The average molecular weight is 350 g/mol. The molecule has 0 aliphatic heterocycles. The predicted octanol–water partition coefficient (Wildman–Crippen LogP) is 2.57. The topological polar surface area (TPSA) is 95.5 Å². The molecule has 1 heterocycles. The highest BCUT2D eigenvalue weighted by Crippen LogP contribution is 2.34. The summed E-state index contributed by atoms with van der Waals surface area (Å²) in [4.78, 5) is 37.0. The maximum absolute atomic E-state index is 12.4. The number of carbonyl (C=O) groups excluding carboxylic acids is 2. The first-order chi connectivity index (χ1) is 11.2. The zero-order chi connectivity index (χ0) is 18.0. The number of aliphatic carboxylic acids is 1. The molecule has 2 rings (SSSR count). The zero-order valence-corrected chi connectivity index (χ0v) is 15.0. The number of carbonyl (C=O) groups is 3. The van der Waals surface area contributed by atoms with Crippen LogP contribution in [-0.2, 0) is 9.59 Å². The number of amides is 2. The minimum Gasteiger partial charge on any atom is -0.481 e. The number of carboxylic acid groups (broad SMARTS) is 1. The summed E-state index contributed by atoms with van der Waals surface area (Å²) in [5.74, 6) is -3.30. The molecule has 1 aromatic heterocycles. The fraction of sp³-hybridized carbons (Fsp3) is 0.471. The largest absolute Gasteiger partial charge is 0.481 e. The molecule has 7 heteroatoms. The van der Waals surface area contributed by atoms with Crippen LogP contribution in [0.3, 0.4) is 0 Å². The summed E-state index contributed by atoms with van der Waals surface area (Å²) < 4.78 is 0. The second-order valence-electron chi connectivity index (χ2n) is 6.29. The highest BCUT2D eigenvalue weighted by molar-refractivity contribution is 7.10. The van der Waals surface area contributed by atoms with Crippen molar-refractivity contribution < 1.29 is 19.5 Å². The van der Waals surface area contributed by atoms with E-state index in [2.05, 4.69) is 10.9 Å². The van der Waals surface area contributed by atoms with Gasteiger partial charge in [0.1, 0.15) is 0 Å². The molecule has 130 valence electrons. The van der Waals surface area contributed by atoms with E-state index in [0.717, 1.165) is 21.6 Å². The Balaban J connectivity index is 2.04. The maximum atomic E-state index is 12.4. The molecule has 0 spiro atoms. The molecular formula is C17H22N2O4S. The van der Waals surface area contributed by atoms with Gasteiger partial charge in [-0.25, -0.2) is 0 Å². The number of thiophene rings is 1. The van der Waals surface area contributed by atoms with Crippen LogP contribution in [0.25, 0.3) is 0 Å². The number of carboxylic acids is 1. The molecular weight excluding hydrogens is 328 g/mol. The summed E-state index contributed by atoms with van der Waals surface area (Å²) in [7, 11) is 0. The van der Waals surface area contributed by atoms with E-state index in [1.165, 1.54) is 11.3 Å². The van der Waals surface area contributed by atoms with Crippen LogP contribution in [0.15, 0.2) is 16.5 Å². The lowest BCUT2D eigenvalue weighted by Gasteiger charge is -2.29. The van der Waals surface area contributed by atoms with Crippen LogP contribution >= 0.6 is 11.3 Å². The molecule has 0 aromatic carbocycles. The quantitative estimate of drug-likeness (QED) is 0.577. The number of rotatable bonds is 3. The summed E-state index contributed by atoms with van der Waals surface area (Å²) in [5.41, 5.74) is 8.22.